The number of carboxylic acid groups (broad SMARTS) is 1. The lowest BCUT2D eigenvalue weighted by Gasteiger charge is -2.04. The predicted molar refractivity (Wildman–Crippen MR) is 55.1 cm³/mol. The maximum absolute atomic E-state index is 11.6. The summed E-state index contributed by atoms with van der Waals surface area (Å²) in [6, 6.07) is 3.25. The first-order chi connectivity index (χ1) is 6.50. The van der Waals surface area contributed by atoms with E-state index in [4.69, 9.17) is 16.7 Å². The molecule has 5 heteroatoms. The maximum Gasteiger partial charge on any atom is 0.304 e. The summed E-state index contributed by atoms with van der Waals surface area (Å²) >= 11 is 6.84. The molecule has 0 aromatic carbocycles. The molecule has 1 aromatic heterocycles. The molecule has 3 nitrogen and oxygen atoms in total. The number of carboxylic acids is 1. The number of thiophene rings is 1. The van der Waals surface area contributed by atoms with Crippen molar-refractivity contribution in [2.45, 2.75) is 13.3 Å². The molecule has 0 bridgehead atoms. The summed E-state index contributed by atoms with van der Waals surface area (Å²) in [7, 11) is 0. The minimum absolute atomic E-state index is 0.144. The molecule has 0 spiro atoms. The minimum atomic E-state index is -0.964. The van der Waals surface area contributed by atoms with Crippen LogP contribution in [0.25, 0.3) is 0 Å². The van der Waals surface area contributed by atoms with E-state index in [9.17, 15) is 9.59 Å². The molecule has 0 amide bonds. The van der Waals surface area contributed by atoms with Crippen LogP contribution in [-0.4, -0.2) is 16.9 Å². The number of rotatable bonds is 4. The molecule has 0 radical (unpaired) electrons. The molecule has 0 saturated heterocycles. The zero-order valence-corrected chi connectivity index (χ0v) is 9.06. The molecule has 0 fully saturated rings. The van der Waals surface area contributed by atoms with Crippen molar-refractivity contribution < 1.29 is 14.7 Å². The number of Topliss-reactive ketones (excluding diaryl/α,β-unsaturated/α-hetero) is 1. The first-order valence-corrected chi connectivity index (χ1v) is 5.21. The quantitative estimate of drug-likeness (QED) is 0.812. The van der Waals surface area contributed by atoms with Crippen LogP contribution in [-0.2, 0) is 4.79 Å². The lowest BCUT2D eigenvalue weighted by Crippen LogP contribution is -2.14. The van der Waals surface area contributed by atoms with E-state index in [1.54, 1.807) is 19.1 Å². The maximum atomic E-state index is 11.6. The summed E-state index contributed by atoms with van der Waals surface area (Å²) in [6.45, 7) is 1.60. The number of ketones is 1. The van der Waals surface area contributed by atoms with Crippen molar-refractivity contribution in [2.75, 3.05) is 0 Å². The second-order valence-corrected chi connectivity index (χ2v) is 4.68. The van der Waals surface area contributed by atoms with Crippen molar-refractivity contribution in [3.8, 4) is 0 Å². The Bertz CT molecular complexity index is 359. The molecule has 1 unspecified atom stereocenters. The minimum Gasteiger partial charge on any atom is -0.481 e. The van der Waals surface area contributed by atoms with Gasteiger partial charge in [-0.1, -0.05) is 18.5 Å². The standard InChI is InChI=1S/C9H9ClO3S/c1-5(4-8(11)12)9(13)6-2-3-7(10)14-6/h2-3,5H,4H2,1H3,(H,11,12). The number of aliphatic carboxylic acids is 1. The highest BCUT2D eigenvalue weighted by molar-refractivity contribution is 7.18. The van der Waals surface area contributed by atoms with E-state index in [1.165, 1.54) is 11.3 Å². The van der Waals surface area contributed by atoms with Gasteiger partial charge in [0.15, 0.2) is 5.78 Å². The van der Waals surface area contributed by atoms with Crippen molar-refractivity contribution in [3.63, 3.8) is 0 Å². The number of halogens is 1. The highest BCUT2D eigenvalue weighted by atomic mass is 35.5. The molecule has 76 valence electrons. The summed E-state index contributed by atoms with van der Waals surface area (Å²) in [5.41, 5.74) is 0. The highest BCUT2D eigenvalue weighted by Crippen LogP contribution is 2.24. The summed E-state index contributed by atoms with van der Waals surface area (Å²) in [4.78, 5) is 22.5. The molecule has 0 saturated carbocycles. The van der Waals surface area contributed by atoms with Gasteiger partial charge in [0.2, 0.25) is 0 Å². The molecule has 1 N–H and O–H groups in total. The molecule has 0 aliphatic carbocycles. The van der Waals surface area contributed by atoms with Gasteiger partial charge in [-0.3, -0.25) is 9.59 Å². The van der Waals surface area contributed by atoms with Gasteiger partial charge in [-0.25, -0.2) is 0 Å². The van der Waals surface area contributed by atoms with Crippen molar-refractivity contribution in [1.29, 1.82) is 0 Å². The number of carbonyl (C=O) groups excluding carboxylic acids is 1. The first-order valence-electron chi connectivity index (χ1n) is 4.02. The van der Waals surface area contributed by atoms with Crippen molar-refractivity contribution in [1.82, 2.24) is 0 Å². The molecule has 1 aromatic rings. The van der Waals surface area contributed by atoms with Crippen molar-refractivity contribution >= 4 is 34.7 Å². The fourth-order valence-corrected chi connectivity index (χ4v) is 2.14. The Morgan fingerprint density at radius 2 is 2.21 bits per heavy atom. The predicted octanol–water partition coefficient (Wildman–Crippen LogP) is 2.70. The van der Waals surface area contributed by atoms with Crippen LogP contribution in [0, 0.1) is 5.92 Å². The Labute approximate surface area is 90.3 Å². The van der Waals surface area contributed by atoms with Crippen LogP contribution in [0.4, 0.5) is 0 Å². The molecule has 1 heterocycles. The molecule has 0 aliphatic rings. The van der Waals surface area contributed by atoms with Crippen LogP contribution in [0.1, 0.15) is 23.0 Å². The van der Waals surface area contributed by atoms with Crippen LogP contribution >= 0.6 is 22.9 Å². The molecule has 0 aliphatic heterocycles. The van der Waals surface area contributed by atoms with Gasteiger partial charge in [-0.15, -0.1) is 11.3 Å². The number of carbonyl (C=O) groups is 2. The van der Waals surface area contributed by atoms with E-state index in [2.05, 4.69) is 0 Å². The number of hydrogen-bond acceptors (Lipinski definition) is 3. The lowest BCUT2D eigenvalue weighted by atomic mass is 10.0. The smallest absolute Gasteiger partial charge is 0.304 e. The van der Waals surface area contributed by atoms with Crippen LogP contribution in [0.5, 0.6) is 0 Å². The second kappa shape index (κ2) is 4.57. The van der Waals surface area contributed by atoms with Crippen molar-refractivity contribution in [2.24, 2.45) is 5.92 Å². The molecule has 1 atom stereocenters. The third kappa shape index (κ3) is 2.82. The third-order valence-corrected chi connectivity index (χ3v) is 2.99. The average Bonchev–Trinajstić information content (AvgIpc) is 2.49. The second-order valence-electron chi connectivity index (χ2n) is 2.97. The zero-order chi connectivity index (χ0) is 10.7. The summed E-state index contributed by atoms with van der Waals surface area (Å²) in [5, 5.41) is 8.51. The van der Waals surface area contributed by atoms with Gasteiger partial charge in [0, 0.05) is 5.92 Å². The fraction of sp³-hybridized carbons (Fsp3) is 0.333. The van der Waals surface area contributed by atoms with E-state index in [0.717, 1.165) is 0 Å². The van der Waals surface area contributed by atoms with Gasteiger partial charge in [0.05, 0.1) is 15.6 Å². The van der Waals surface area contributed by atoms with Crippen molar-refractivity contribution in [3.05, 3.63) is 21.3 Å². The molecule has 1 rings (SSSR count). The molecular weight excluding hydrogens is 224 g/mol. The van der Waals surface area contributed by atoms with Gasteiger partial charge in [0.1, 0.15) is 0 Å². The van der Waals surface area contributed by atoms with Gasteiger partial charge in [0.25, 0.3) is 0 Å². The normalized spacial score (nSPS) is 12.4. The van der Waals surface area contributed by atoms with Crippen LogP contribution in [0.2, 0.25) is 4.34 Å². The highest BCUT2D eigenvalue weighted by Gasteiger charge is 2.19. The Morgan fingerprint density at radius 1 is 1.57 bits per heavy atom. The zero-order valence-electron chi connectivity index (χ0n) is 7.49. The van der Waals surface area contributed by atoms with Gasteiger partial charge in [-0.05, 0) is 12.1 Å². The van der Waals surface area contributed by atoms with E-state index >= 15 is 0 Å². The largest absolute Gasteiger partial charge is 0.481 e. The Kier molecular flexibility index (Phi) is 3.66. The van der Waals surface area contributed by atoms with E-state index in [1.807, 2.05) is 0 Å². The van der Waals surface area contributed by atoms with Crippen LogP contribution in [0.3, 0.4) is 0 Å². The Balaban J connectivity index is 2.70. The summed E-state index contributed by atoms with van der Waals surface area (Å²) in [6.07, 6.45) is -0.144. The summed E-state index contributed by atoms with van der Waals surface area (Å²) in [5.74, 6) is -1.62. The topological polar surface area (TPSA) is 54.4 Å². The monoisotopic (exact) mass is 232 g/mol. The van der Waals surface area contributed by atoms with Crippen LogP contribution in [0.15, 0.2) is 12.1 Å². The van der Waals surface area contributed by atoms with Gasteiger partial charge >= 0.3 is 5.97 Å². The van der Waals surface area contributed by atoms with Gasteiger partial charge in [-0.2, -0.15) is 0 Å². The number of hydrogen-bond donors (Lipinski definition) is 1. The molecular formula is C9H9ClO3S. The van der Waals surface area contributed by atoms with Crippen LogP contribution < -0.4 is 0 Å². The van der Waals surface area contributed by atoms with E-state index < -0.39 is 11.9 Å². The lowest BCUT2D eigenvalue weighted by molar-refractivity contribution is -0.137. The SMILES string of the molecule is CC(CC(=O)O)C(=O)c1ccc(Cl)s1. The van der Waals surface area contributed by atoms with Gasteiger partial charge < -0.3 is 5.11 Å². The van der Waals surface area contributed by atoms with E-state index in [-0.39, 0.29) is 12.2 Å². The third-order valence-electron chi connectivity index (χ3n) is 1.74. The molecule has 14 heavy (non-hydrogen) atoms. The summed E-state index contributed by atoms with van der Waals surface area (Å²) < 4.78 is 0.538. The fourth-order valence-electron chi connectivity index (χ4n) is 1.04. The van der Waals surface area contributed by atoms with E-state index in [0.29, 0.717) is 9.21 Å². The Morgan fingerprint density at radius 3 is 2.64 bits per heavy atom. The Hall–Kier alpha value is -0.870. The first kappa shape index (κ1) is 11.2. The average molecular weight is 233 g/mol.